The molecule has 0 radical (unpaired) electrons. The second-order valence-electron chi connectivity index (χ2n) is 5.52. The van der Waals surface area contributed by atoms with Crippen molar-refractivity contribution in [2.45, 2.75) is 6.42 Å². The number of carbonyl (C=O) groups excluding carboxylic acids is 2. The number of furan rings is 1. The molecular formula is C17H16ClFN2O3. The van der Waals surface area contributed by atoms with E-state index in [2.05, 4.69) is 0 Å². The first-order valence-corrected chi connectivity index (χ1v) is 8.02. The summed E-state index contributed by atoms with van der Waals surface area (Å²) in [6.07, 6.45) is 0.611. The molecule has 2 amide bonds. The van der Waals surface area contributed by atoms with Crippen LogP contribution in [0.15, 0.2) is 40.8 Å². The molecule has 0 spiro atoms. The SMILES string of the molecule is O=C(c1ccc(Cl)o1)N1CCCN(C(=O)c2ccccc2F)CC1. The van der Waals surface area contributed by atoms with Crippen LogP contribution in [0.2, 0.25) is 5.22 Å². The third-order valence-electron chi connectivity index (χ3n) is 3.96. The Bertz CT molecular complexity index is 762. The number of rotatable bonds is 2. The van der Waals surface area contributed by atoms with Crippen molar-refractivity contribution in [3.63, 3.8) is 0 Å². The normalized spacial score (nSPS) is 15.2. The van der Waals surface area contributed by atoms with E-state index in [0.29, 0.717) is 32.6 Å². The van der Waals surface area contributed by atoms with Gasteiger partial charge in [-0.2, -0.15) is 0 Å². The van der Waals surface area contributed by atoms with Crippen molar-refractivity contribution in [3.05, 3.63) is 58.8 Å². The quantitative estimate of drug-likeness (QED) is 0.836. The zero-order chi connectivity index (χ0) is 17.1. The van der Waals surface area contributed by atoms with Gasteiger partial charge in [-0.15, -0.1) is 0 Å². The van der Waals surface area contributed by atoms with Gasteiger partial charge in [0.15, 0.2) is 11.0 Å². The van der Waals surface area contributed by atoms with Crippen LogP contribution in [-0.4, -0.2) is 47.8 Å². The van der Waals surface area contributed by atoms with Gasteiger partial charge in [0, 0.05) is 26.2 Å². The largest absolute Gasteiger partial charge is 0.440 e. The monoisotopic (exact) mass is 350 g/mol. The van der Waals surface area contributed by atoms with Gasteiger partial charge in [0.2, 0.25) is 0 Å². The summed E-state index contributed by atoms with van der Waals surface area (Å²) in [5.41, 5.74) is 0.0510. The Morgan fingerprint density at radius 1 is 0.958 bits per heavy atom. The number of benzene rings is 1. The summed E-state index contributed by atoms with van der Waals surface area (Å²) in [6, 6.07) is 8.95. The number of nitrogens with zero attached hydrogens (tertiary/aromatic N) is 2. The molecule has 5 nitrogen and oxygen atoms in total. The van der Waals surface area contributed by atoms with Crippen LogP contribution in [0, 0.1) is 5.82 Å². The summed E-state index contributed by atoms with van der Waals surface area (Å²) in [6.45, 7) is 1.67. The molecular weight excluding hydrogens is 335 g/mol. The molecule has 0 aliphatic carbocycles. The van der Waals surface area contributed by atoms with E-state index < -0.39 is 5.82 Å². The predicted octanol–water partition coefficient (Wildman–Crippen LogP) is 3.06. The highest BCUT2D eigenvalue weighted by Gasteiger charge is 2.26. The van der Waals surface area contributed by atoms with Crippen LogP contribution < -0.4 is 0 Å². The summed E-state index contributed by atoms with van der Waals surface area (Å²) in [7, 11) is 0. The van der Waals surface area contributed by atoms with Crippen LogP contribution in [0.4, 0.5) is 4.39 Å². The second kappa shape index (κ2) is 7.05. The molecule has 1 aliphatic heterocycles. The van der Waals surface area contributed by atoms with E-state index in [1.54, 1.807) is 21.9 Å². The average molecular weight is 351 g/mol. The Morgan fingerprint density at radius 3 is 2.25 bits per heavy atom. The molecule has 0 saturated carbocycles. The van der Waals surface area contributed by atoms with Crippen molar-refractivity contribution < 1.29 is 18.4 Å². The van der Waals surface area contributed by atoms with Crippen LogP contribution in [0.3, 0.4) is 0 Å². The van der Waals surface area contributed by atoms with Crippen LogP contribution in [0.1, 0.15) is 27.3 Å². The molecule has 1 saturated heterocycles. The number of amides is 2. The molecule has 0 atom stereocenters. The average Bonchev–Trinajstić information content (AvgIpc) is 2.87. The lowest BCUT2D eigenvalue weighted by Crippen LogP contribution is -2.37. The zero-order valence-corrected chi connectivity index (χ0v) is 13.6. The lowest BCUT2D eigenvalue weighted by atomic mass is 10.2. The highest BCUT2D eigenvalue weighted by molar-refractivity contribution is 6.29. The Labute approximate surface area is 143 Å². The molecule has 1 aliphatic rings. The lowest BCUT2D eigenvalue weighted by Gasteiger charge is -2.21. The minimum Gasteiger partial charge on any atom is -0.440 e. The predicted molar refractivity (Wildman–Crippen MR) is 86.5 cm³/mol. The lowest BCUT2D eigenvalue weighted by molar-refractivity contribution is 0.0698. The summed E-state index contributed by atoms with van der Waals surface area (Å²) in [5.74, 6) is -0.982. The molecule has 0 N–H and O–H groups in total. The molecule has 1 fully saturated rings. The Kier molecular flexibility index (Phi) is 4.85. The first-order chi connectivity index (χ1) is 11.6. The van der Waals surface area contributed by atoms with Gasteiger partial charge in [-0.25, -0.2) is 4.39 Å². The van der Waals surface area contributed by atoms with Gasteiger partial charge in [0.25, 0.3) is 11.8 Å². The first-order valence-electron chi connectivity index (χ1n) is 7.64. The van der Waals surface area contributed by atoms with Crippen LogP contribution in [0.5, 0.6) is 0 Å². The number of halogens is 2. The Morgan fingerprint density at radius 2 is 1.62 bits per heavy atom. The fraction of sp³-hybridized carbons (Fsp3) is 0.294. The second-order valence-corrected chi connectivity index (χ2v) is 5.89. The third kappa shape index (κ3) is 3.43. The fourth-order valence-electron chi connectivity index (χ4n) is 2.71. The van der Waals surface area contributed by atoms with E-state index >= 15 is 0 Å². The molecule has 24 heavy (non-hydrogen) atoms. The minimum absolute atomic E-state index is 0.0510. The number of hydrogen-bond acceptors (Lipinski definition) is 3. The molecule has 2 heterocycles. The van der Waals surface area contributed by atoms with E-state index in [-0.39, 0.29) is 28.4 Å². The Balaban J connectivity index is 1.68. The molecule has 3 rings (SSSR count). The topological polar surface area (TPSA) is 53.8 Å². The fourth-order valence-corrected chi connectivity index (χ4v) is 2.86. The standard InChI is InChI=1S/C17H16ClFN2O3/c18-15-7-6-14(24-15)17(23)21-9-3-8-20(10-11-21)16(22)12-4-1-2-5-13(12)19/h1-2,4-7H,3,8-11H2. The highest BCUT2D eigenvalue weighted by atomic mass is 35.5. The van der Waals surface area contributed by atoms with Crippen molar-refractivity contribution in [2.75, 3.05) is 26.2 Å². The van der Waals surface area contributed by atoms with Crippen molar-refractivity contribution in [1.29, 1.82) is 0 Å². The van der Waals surface area contributed by atoms with E-state index in [4.69, 9.17) is 16.0 Å². The maximum atomic E-state index is 13.8. The van der Waals surface area contributed by atoms with Gasteiger partial charge < -0.3 is 14.2 Å². The number of hydrogen-bond donors (Lipinski definition) is 0. The van der Waals surface area contributed by atoms with Gasteiger partial charge in [-0.05, 0) is 42.3 Å². The van der Waals surface area contributed by atoms with Crippen molar-refractivity contribution in [2.24, 2.45) is 0 Å². The smallest absolute Gasteiger partial charge is 0.289 e. The summed E-state index contributed by atoms with van der Waals surface area (Å²) in [5, 5.41) is 0.157. The van der Waals surface area contributed by atoms with E-state index in [9.17, 15) is 14.0 Å². The first kappa shape index (κ1) is 16.5. The van der Waals surface area contributed by atoms with Gasteiger partial charge >= 0.3 is 0 Å². The third-order valence-corrected chi connectivity index (χ3v) is 4.16. The minimum atomic E-state index is -0.537. The molecule has 1 aromatic carbocycles. The van der Waals surface area contributed by atoms with E-state index in [0.717, 1.165) is 0 Å². The van der Waals surface area contributed by atoms with Crippen LogP contribution in [-0.2, 0) is 0 Å². The molecule has 126 valence electrons. The van der Waals surface area contributed by atoms with E-state index in [1.165, 1.54) is 24.3 Å². The zero-order valence-electron chi connectivity index (χ0n) is 12.9. The van der Waals surface area contributed by atoms with Crippen LogP contribution in [0.25, 0.3) is 0 Å². The van der Waals surface area contributed by atoms with E-state index in [1.807, 2.05) is 0 Å². The highest BCUT2D eigenvalue weighted by Crippen LogP contribution is 2.17. The molecule has 1 aromatic heterocycles. The molecule has 0 bridgehead atoms. The van der Waals surface area contributed by atoms with Gasteiger partial charge in [-0.3, -0.25) is 9.59 Å². The molecule has 7 heteroatoms. The Hall–Kier alpha value is -2.34. The molecule has 2 aromatic rings. The van der Waals surface area contributed by atoms with Crippen molar-refractivity contribution in [1.82, 2.24) is 9.80 Å². The maximum Gasteiger partial charge on any atom is 0.289 e. The van der Waals surface area contributed by atoms with Crippen molar-refractivity contribution >= 4 is 23.4 Å². The molecule has 0 unspecified atom stereocenters. The summed E-state index contributed by atoms with van der Waals surface area (Å²) >= 11 is 5.70. The van der Waals surface area contributed by atoms with Crippen molar-refractivity contribution in [3.8, 4) is 0 Å². The summed E-state index contributed by atoms with van der Waals surface area (Å²) in [4.78, 5) is 28.0. The van der Waals surface area contributed by atoms with Gasteiger partial charge in [0.05, 0.1) is 5.56 Å². The maximum absolute atomic E-state index is 13.8. The summed E-state index contributed by atoms with van der Waals surface area (Å²) < 4.78 is 18.9. The number of carbonyl (C=O) groups is 2. The van der Waals surface area contributed by atoms with Gasteiger partial charge in [-0.1, -0.05) is 12.1 Å². The van der Waals surface area contributed by atoms with Crippen LogP contribution >= 0.6 is 11.6 Å². The van der Waals surface area contributed by atoms with Gasteiger partial charge in [0.1, 0.15) is 5.82 Å².